The first-order valence-electron chi connectivity index (χ1n) is 6.83. The predicted octanol–water partition coefficient (Wildman–Crippen LogP) is 4.75. The molecule has 0 fully saturated rings. The minimum atomic E-state index is -0.868. The Morgan fingerprint density at radius 3 is 2.59 bits per heavy atom. The van der Waals surface area contributed by atoms with Crippen molar-refractivity contribution >= 4 is 32.8 Å². The molecule has 0 aliphatic rings. The minimum Gasteiger partial charge on any atom is -0.481 e. The number of hydrogen-bond donors (Lipinski definition) is 2. The van der Waals surface area contributed by atoms with Gasteiger partial charge >= 0.3 is 5.97 Å². The molecule has 3 aromatic rings. The Morgan fingerprint density at radius 1 is 1.18 bits per heavy atom. The molecular formula is C17H13BrFNO2. The summed E-state index contributed by atoms with van der Waals surface area (Å²) in [5.41, 5.74) is 2.92. The summed E-state index contributed by atoms with van der Waals surface area (Å²) in [6.45, 7) is 0. The van der Waals surface area contributed by atoms with Gasteiger partial charge in [-0.05, 0) is 35.7 Å². The van der Waals surface area contributed by atoms with Gasteiger partial charge < -0.3 is 10.1 Å². The molecule has 2 N–H and O–H groups in total. The van der Waals surface area contributed by atoms with Gasteiger partial charge in [0, 0.05) is 22.0 Å². The molecule has 0 saturated heterocycles. The molecule has 22 heavy (non-hydrogen) atoms. The molecule has 0 aliphatic carbocycles. The Balaban J connectivity index is 2.18. The number of fused-ring (bicyclic) bond motifs is 1. The highest BCUT2D eigenvalue weighted by atomic mass is 79.9. The van der Waals surface area contributed by atoms with Crippen molar-refractivity contribution in [1.29, 1.82) is 0 Å². The maximum absolute atomic E-state index is 14.0. The summed E-state index contributed by atoms with van der Waals surface area (Å²) in [4.78, 5) is 14.0. The number of nitrogens with one attached hydrogen (secondary N) is 1. The fourth-order valence-corrected chi connectivity index (χ4v) is 2.86. The van der Waals surface area contributed by atoms with Crippen LogP contribution < -0.4 is 0 Å². The number of H-pyrrole nitrogens is 1. The molecule has 3 nitrogen and oxygen atoms in total. The maximum Gasteiger partial charge on any atom is 0.303 e. The highest BCUT2D eigenvalue weighted by molar-refractivity contribution is 9.10. The van der Waals surface area contributed by atoms with Crippen LogP contribution in [0.15, 0.2) is 46.9 Å². The van der Waals surface area contributed by atoms with E-state index in [1.807, 2.05) is 30.3 Å². The number of carboxylic acid groups (broad SMARTS) is 1. The highest BCUT2D eigenvalue weighted by Gasteiger charge is 2.16. The second-order valence-corrected chi connectivity index (χ2v) is 5.96. The van der Waals surface area contributed by atoms with Gasteiger partial charge in [0.2, 0.25) is 0 Å². The Morgan fingerprint density at radius 2 is 1.91 bits per heavy atom. The number of hydrogen-bond acceptors (Lipinski definition) is 1. The van der Waals surface area contributed by atoms with Crippen LogP contribution in [0.3, 0.4) is 0 Å². The zero-order chi connectivity index (χ0) is 15.7. The van der Waals surface area contributed by atoms with Crippen molar-refractivity contribution in [3.63, 3.8) is 0 Å². The van der Waals surface area contributed by atoms with Crippen molar-refractivity contribution in [2.45, 2.75) is 12.8 Å². The molecule has 1 heterocycles. The zero-order valence-corrected chi connectivity index (χ0v) is 13.2. The van der Waals surface area contributed by atoms with Crippen molar-refractivity contribution in [1.82, 2.24) is 4.98 Å². The number of benzene rings is 2. The lowest BCUT2D eigenvalue weighted by molar-refractivity contribution is -0.136. The number of aliphatic carboxylic acids is 1. The van der Waals surface area contributed by atoms with Crippen molar-refractivity contribution in [2.75, 3.05) is 0 Å². The van der Waals surface area contributed by atoms with E-state index in [0.29, 0.717) is 11.9 Å². The lowest BCUT2D eigenvalue weighted by Crippen LogP contribution is -1.98. The van der Waals surface area contributed by atoms with Crippen molar-refractivity contribution in [3.8, 4) is 11.3 Å². The van der Waals surface area contributed by atoms with Gasteiger partial charge in [-0.15, -0.1) is 0 Å². The highest BCUT2D eigenvalue weighted by Crippen LogP contribution is 2.33. The van der Waals surface area contributed by atoms with E-state index in [9.17, 15) is 9.18 Å². The molecule has 5 heteroatoms. The molecule has 0 bridgehead atoms. The van der Waals surface area contributed by atoms with E-state index in [1.165, 1.54) is 6.07 Å². The Hall–Kier alpha value is -2.14. The topological polar surface area (TPSA) is 53.1 Å². The predicted molar refractivity (Wildman–Crippen MR) is 87.3 cm³/mol. The normalized spacial score (nSPS) is 11.0. The van der Waals surface area contributed by atoms with Crippen molar-refractivity contribution in [3.05, 3.63) is 58.3 Å². The van der Waals surface area contributed by atoms with Crippen LogP contribution in [0.5, 0.6) is 0 Å². The maximum atomic E-state index is 14.0. The van der Waals surface area contributed by atoms with Crippen LogP contribution in [0.25, 0.3) is 22.2 Å². The number of carbonyl (C=O) groups is 1. The molecule has 2 aromatic carbocycles. The van der Waals surface area contributed by atoms with Gasteiger partial charge in [0.05, 0.1) is 5.52 Å². The number of para-hydroxylation sites is 1. The van der Waals surface area contributed by atoms with Gasteiger partial charge in [-0.3, -0.25) is 4.79 Å². The molecular weight excluding hydrogens is 349 g/mol. The minimum absolute atomic E-state index is 0.00694. The van der Waals surface area contributed by atoms with E-state index in [4.69, 9.17) is 5.11 Å². The van der Waals surface area contributed by atoms with E-state index in [1.54, 1.807) is 6.07 Å². The number of carboxylic acids is 1. The van der Waals surface area contributed by atoms with E-state index in [2.05, 4.69) is 20.9 Å². The lowest BCUT2D eigenvalue weighted by atomic mass is 10.0. The van der Waals surface area contributed by atoms with Crippen molar-refractivity contribution in [2.24, 2.45) is 0 Å². The van der Waals surface area contributed by atoms with Crippen LogP contribution in [0.2, 0.25) is 0 Å². The molecule has 0 saturated carbocycles. The third-order valence-corrected chi connectivity index (χ3v) is 4.14. The molecule has 0 aliphatic heterocycles. The molecule has 3 rings (SSSR count). The summed E-state index contributed by atoms with van der Waals surface area (Å²) in [7, 11) is 0. The van der Waals surface area contributed by atoms with E-state index in [-0.39, 0.29) is 12.2 Å². The Labute approximate surface area is 134 Å². The summed E-state index contributed by atoms with van der Waals surface area (Å²) >= 11 is 3.38. The van der Waals surface area contributed by atoms with Gasteiger partial charge in [0.15, 0.2) is 0 Å². The van der Waals surface area contributed by atoms with E-state index < -0.39 is 5.97 Å². The van der Waals surface area contributed by atoms with Gasteiger partial charge in [0.1, 0.15) is 5.82 Å². The molecule has 0 radical (unpaired) electrons. The van der Waals surface area contributed by atoms with Crippen LogP contribution >= 0.6 is 15.9 Å². The van der Waals surface area contributed by atoms with Crippen LogP contribution in [0.4, 0.5) is 4.39 Å². The number of aryl methyl sites for hydroxylation is 1. The van der Waals surface area contributed by atoms with Crippen LogP contribution in [-0.4, -0.2) is 16.1 Å². The Bertz CT molecular complexity index is 840. The van der Waals surface area contributed by atoms with Crippen molar-refractivity contribution < 1.29 is 14.3 Å². The molecule has 1 aromatic heterocycles. The third kappa shape index (κ3) is 2.76. The van der Waals surface area contributed by atoms with Crippen LogP contribution in [0.1, 0.15) is 12.0 Å². The third-order valence-electron chi connectivity index (χ3n) is 3.61. The second-order valence-electron chi connectivity index (χ2n) is 5.04. The second kappa shape index (κ2) is 5.93. The van der Waals surface area contributed by atoms with Crippen LogP contribution in [0, 0.1) is 5.82 Å². The molecule has 0 amide bonds. The fourth-order valence-electron chi connectivity index (χ4n) is 2.59. The first-order valence-corrected chi connectivity index (χ1v) is 7.62. The Kier molecular flexibility index (Phi) is 3.98. The van der Waals surface area contributed by atoms with Gasteiger partial charge in [-0.2, -0.15) is 0 Å². The smallest absolute Gasteiger partial charge is 0.303 e. The van der Waals surface area contributed by atoms with E-state index >= 15 is 0 Å². The number of rotatable bonds is 4. The number of halogens is 2. The summed E-state index contributed by atoms with van der Waals surface area (Å²) in [5.74, 6) is -1.20. The monoisotopic (exact) mass is 361 g/mol. The first kappa shape index (κ1) is 14.8. The van der Waals surface area contributed by atoms with Gasteiger partial charge in [-0.1, -0.05) is 40.2 Å². The quantitative estimate of drug-likeness (QED) is 0.704. The largest absolute Gasteiger partial charge is 0.481 e. The number of aromatic nitrogens is 1. The molecule has 0 unspecified atom stereocenters. The summed E-state index contributed by atoms with van der Waals surface area (Å²) in [6.07, 6.45) is 0.358. The molecule has 0 atom stereocenters. The summed E-state index contributed by atoms with van der Waals surface area (Å²) in [6, 6.07) is 12.5. The SMILES string of the molecule is O=C(O)CCc1c(-c2ccc(Br)cc2)[nH]c2c(F)cccc12. The molecule has 112 valence electrons. The number of aromatic amines is 1. The summed E-state index contributed by atoms with van der Waals surface area (Å²) < 4.78 is 15.0. The molecule has 0 spiro atoms. The fraction of sp³-hybridized carbons (Fsp3) is 0.118. The lowest BCUT2D eigenvalue weighted by Gasteiger charge is -2.04. The van der Waals surface area contributed by atoms with Crippen LogP contribution in [-0.2, 0) is 11.2 Å². The van der Waals surface area contributed by atoms with Gasteiger partial charge in [-0.25, -0.2) is 4.39 Å². The first-order chi connectivity index (χ1) is 10.6. The van der Waals surface area contributed by atoms with E-state index in [0.717, 1.165) is 26.7 Å². The van der Waals surface area contributed by atoms with Gasteiger partial charge in [0.25, 0.3) is 0 Å². The zero-order valence-electron chi connectivity index (χ0n) is 11.6. The average Bonchev–Trinajstić information content (AvgIpc) is 2.86. The average molecular weight is 362 g/mol. The summed E-state index contributed by atoms with van der Waals surface area (Å²) in [5, 5.41) is 9.68. The standard InChI is InChI=1S/C17H13BrFNO2/c18-11-6-4-10(5-7-11)16-13(8-9-15(21)22)12-2-1-3-14(19)17(12)20-16/h1-7,20H,8-9H2,(H,21,22).